The number of hydrogen-bond acceptors (Lipinski definition) is 5. The zero-order valence-corrected chi connectivity index (χ0v) is 14.6. The number of aromatic nitrogens is 2. The molecule has 1 aliphatic rings. The number of imide groups is 1. The van der Waals surface area contributed by atoms with E-state index in [2.05, 4.69) is 36.5 Å². The summed E-state index contributed by atoms with van der Waals surface area (Å²) in [6.45, 7) is 0.539. The van der Waals surface area contributed by atoms with E-state index in [0.29, 0.717) is 28.6 Å². The van der Waals surface area contributed by atoms with Gasteiger partial charge < -0.3 is 5.32 Å². The number of carbonyl (C=O) groups excluding carboxylic acids is 3. The fourth-order valence-electron chi connectivity index (χ4n) is 2.40. The van der Waals surface area contributed by atoms with E-state index in [4.69, 9.17) is 0 Å². The van der Waals surface area contributed by atoms with E-state index >= 15 is 0 Å². The Bertz CT molecular complexity index is 790. The number of rotatable bonds is 5. The second kappa shape index (κ2) is 7.39. The number of amides is 4. The van der Waals surface area contributed by atoms with Gasteiger partial charge in [-0.05, 0) is 34.5 Å². The van der Waals surface area contributed by atoms with Crippen molar-refractivity contribution in [1.29, 1.82) is 0 Å². The summed E-state index contributed by atoms with van der Waals surface area (Å²) < 4.78 is 0.708. The molecule has 0 saturated heterocycles. The van der Waals surface area contributed by atoms with E-state index < -0.39 is 6.03 Å². The second-order valence-electron chi connectivity index (χ2n) is 5.27. The summed E-state index contributed by atoms with van der Waals surface area (Å²) in [7, 11) is 0. The number of anilines is 1. The molecule has 2 aromatic rings. The van der Waals surface area contributed by atoms with Crippen LogP contribution in [0, 0.1) is 0 Å². The first-order chi connectivity index (χ1) is 12.1. The Morgan fingerprint density at radius 3 is 2.28 bits per heavy atom. The van der Waals surface area contributed by atoms with Gasteiger partial charge in [0.05, 0.1) is 15.6 Å². The zero-order valence-electron chi connectivity index (χ0n) is 13.0. The number of halogens is 1. The number of hydrogen-bond donors (Lipinski definition) is 2. The highest BCUT2D eigenvalue weighted by Gasteiger charge is 2.34. The van der Waals surface area contributed by atoms with E-state index in [1.807, 2.05) is 0 Å². The molecule has 1 aliphatic heterocycles. The first-order valence-corrected chi connectivity index (χ1v) is 8.33. The molecule has 128 valence electrons. The van der Waals surface area contributed by atoms with Gasteiger partial charge in [-0.15, -0.1) is 0 Å². The van der Waals surface area contributed by atoms with Gasteiger partial charge in [-0.2, -0.15) is 0 Å². The van der Waals surface area contributed by atoms with Crippen molar-refractivity contribution >= 4 is 39.7 Å². The third-order valence-corrected chi connectivity index (χ3v) is 3.98. The molecule has 0 saturated carbocycles. The summed E-state index contributed by atoms with van der Waals surface area (Å²) in [5, 5.41) is 5.12. The van der Waals surface area contributed by atoms with Gasteiger partial charge >= 0.3 is 6.03 Å². The van der Waals surface area contributed by atoms with Crippen LogP contribution in [-0.2, 0) is 0 Å². The maximum absolute atomic E-state index is 12.2. The molecule has 1 aromatic heterocycles. The van der Waals surface area contributed by atoms with Crippen LogP contribution in [0.5, 0.6) is 0 Å². The van der Waals surface area contributed by atoms with Crippen LogP contribution >= 0.6 is 15.9 Å². The summed E-state index contributed by atoms with van der Waals surface area (Å²) in [5.41, 5.74) is 0.844. The molecule has 1 aromatic carbocycles. The van der Waals surface area contributed by atoms with Crippen LogP contribution in [0.3, 0.4) is 0 Å². The zero-order chi connectivity index (χ0) is 17.8. The number of carbonyl (C=O) groups is 3. The lowest BCUT2D eigenvalue weighted by Gasteiger charge is -2.13. The Labute approximate surface area is 151 Å². The number of fused-ring (bicyclic) bond motifs is 1. The van der Waals surface area contributed by atoms with Gasteiger partial charge in [-0.3, -0.25) is 19.8 Å². The molecular weight excluding hydrogens is 390 g/mol. The molecule has 8 nitrogen and oxygen atoms in total. The highest BCUT2D eigenvalue weighted by molar-refractivity contribution is 9.10. The SMILES string of the molecule is O=C(NCCCN1C(=O)c2ccccc2C1=O)Nc1ncc(Br)cn1. The average molecular weight is 404 g/mol. The minimum absolute atomic E-state index is 0.182. The molecular formula is C16H14BrN5O3. The molecule has 0 bridgehead atoms. The summed E-state index contributed by atoms with van der Waals surface area (Å²) in [5.74, 6) is -0.414. The van der Waals surface area contributed by atoms with Crippen molar-refractivity contribution < 1.29 is 14.4 Å². The van der Waals surface area contributed by atoms with Crippen LogP contribution in [0.25, 0.3) is 0 Å². The standard InChI is InChI=1S/C16H14BrN5O3/c17-10-8-19-15(20-9-10)21-16(25)18-6-3-7-22-13(23)11-4-1-2-5-12(11)14(22)24/h1-2,4-5,8-9H,3,6-7H2,(H2,18,19,20,21,25). The van der Waals surface area contributed by atoms with Gasteiger partial charge in [-0.1, -0.05) is 12.1 Å². The predicted molar refractivity (Wildman–Crippen MR) is 93.2 cm³/mol. The fourth-order valence-corrected chi connectivity index (χ4v) is 2.61. The van der Waals surface area contributed by atoms with Crippen molar-refractivity contribution in [3.8, 4) is 0 Å². The molecule has 0 atom stereocenters. The molecule has 0 radical (unpaired) electrons. The van der Waals surface area contributed by atoms with Crippen molar-refractivity contribution in [2.45, 2.75) is 6.42 Å². The Kier molecular flexibility index (Phi) is 5.03. The summed E-state index contributed by atoms with van der Waals surface area (Å²) >= 11 is 3.20. The lowest BCUT2D eigenvalue weighted by atomic mass is 10.1. The molecule has 0 aliphatic carbocycles. The van der Waals surface area contributed by atoms with E-state index in [1.165, 1.54) is 17.3 Å². The Morgan fingerprint density at radius 1 is 1.08 bits per heavy atom. The lowest BCUT2D eigenvalue weighted by Crippen LogP contribution is -2.35. The Balaban J connectivity index is 1.45. The quantitative estimate of drug-likeness (QED) is 0.587. The van der Waals surface area contributed by atoms with Gasteiger partial charge in [0.25, 0.3) is 11.8 Å². The fraction of sp³-hybridized carbons (Fsp3) is 0.188. The molecule has 0 spiro atoms. The van der Waals surface area contributed by atoms with Crippen molar-refractivity contribution in [3.63, 3.8) is 0 Å². The minimum Gasteiger partial charge on any atom is -0.338 e. The van der Waals surface area contributed by atoms with Crippen LogP contribution in [0.15, 0.2) is 41.1 Å². The van der Waals surface area contributed by atoms with Crippen molar-refractivity contribution in [1.82, 2.24) is 20.2 Å². The molecule has 9 heteroatoms. The molecule has 2 heterocycles. The molecule has 0 fully saturated rings. The Hall–Kier alpha value is -2.81. The molecule has 0 unspecified atom stereocenters. The number of nitrogens with one attached hydrogen (secondary N) is 2. The van der Waals surface area contributed by atoms with Crippen LogP contribution in [0.1, 0.15) is 27.1 Å². The van der Waals surface area contributed by atoms with Crippen LogP contribution in [0.2, 0.25) is 0 Å². The van der Waals surface area contributed by atoms with Gasteiger partial charge in [0.2, 0.25) is 5.95 Å². The summed E-state index contributed by atoms with van der Waals surface area (Å²) in [6, 6.07) is 6.27. The highest BCUT2D eigenvalue weighted by atomic mass is 79.9. The molecule has 4 amide bonds. The topological polar surface area (TPSA) is 104 Å². The number of nitrogens with zero attached hydrogens (tertiary/aromatic N) is 3. The van der Waals surface area contributed by atoms with Crippen LogP contribution in [-0.4, -0.2) is 45.8 Å². The summed E-state index contributed by atoms with van der Waals surface area (Å²) in [4.78, 5) is 45.2. The maximum atomic E-state index is 12.2. The van der Waals surface area contributed by atoms with Gasteiger partial charge in [-0.25, -0.2) is 14.8 Å². The van der Waals surface area contributed by atoms with E-state index in [1.54, 1.807) is 24.3 Å². The minimum atomic E-state index is -0.454. The second-order valence-corrected chi connectivity index (χ2v) is 6.18. The van der Waals surface area contributed by atoms with Crippen molar-refractivity contribution in [2.75, 3.05) is 18.4 Å². The van der Waals surface area contributed by atoms with E-state index in [-0.39, 0.29) is 24.3 Å². The number of benzene rings is 1. The third kappa shape index (κ3) is 3.82. The number of urea groups is 1. The maximum Gasteiger partial charge on any atom is 0.321 e. The van der Waals surface area contributed by atoms with Gasteiger partial charge in [0, 0.05) is 25.5 Å². The van der Waals surface area contributed by atoms with E-state index in [0.717, 1.165) is 0 Å². The monoisotopic (exact) mass is 403 g/mol. The van der Waals surface area contributed by atoms with Crippen LogP contribution in [0.4, 0.5) is 10.7 Å². The lowest BCUT2D eigenvalue weighted by molar-refractivity contribution is 0.0653. The first kappa shape index (κ1) is 17.0. The highest BCUT2D eigenvalue weighted by Crippen LogP contribution is 2.22. The summed E-state index contributed by atoms with van der Waals surface area (Å²) in [6.07, 6.45) is 3.48. The van der Waals surface area contributed by atoms with Gasteiger partial charge in [0.1, 0.15) is 0 Å². The van der Waals surface area contributed by atoms with Gasteiger partial charge in [0.15, 0.2) is 0 Å². The van der Waals surface area contributed by atoms with E-state index in [9.17, 15) is 14.4 Å². The molecule has 2 N–H and O–H groups in total. The first-order valence-electron chi connectivity index (χ1n) is 7.54. The van der Waals surface area contributed by atoms with Crippen molar-refractivity contribution in [2.24, 2.45) is 0 Å². The largest absolute Gasteiger partial charge is 0.338 e. The Morgan fingerprint density at radius 2 is 1.68 bits per heavy atom. The predicted octanol–water partition coefficient (Wildman–Crippen LogP) is 2.05. The average Bonchev–Trinajstić information content (AvgIpc) is 2.86. The van der Waals surface area contributed by atoms with Crippen LogP contribution < -0.4 is 10.6 Å². The third-order valence-electron chi connectivity index (χ3n) is 3.57. The normalized spacial score (nSPS) is 12.9. The molecule has 3 rings (SSSR count). The molecule has 25 heavy (non-hydrogen) atoms. The van der Waals surface area contributed by atoms with Crippen molar-refractivity contribution in [3.05, 3.63) is 52.3 Å². The smallest absolute Gasteiger partial charge is 0.321 e.